The Kier molecular flexibility index (Phi) is 1.43. The van der Waals surface area contributed by atoms with Gasteiger partial charge in [0.25, 0.3) is 5.56 Å². The smallest absolute Gasteiger partial charge is 0.277 e. The van der Waals surface area contributed by atoms with Gasteiger partial charge in [-0.1, -0.05) is 12.1 Å². The Bertz CT molecular complexity index is 457. The number of aryl methyl sites for hydroxylation is 1. The highest BCUT2D eigenvalue weighted by Crippen LogP contribution is 2.11. The molecule has 2 heterocycles. The van der Waals surface area contributed by atoms with Crippen LogP contribution < -0.4 is 5.56 Å². The van der Waals surface area contributed by atoms with Crippen LogP contribution in [-0.4, -0.2) is 15.4 Å². The van der Waals surface area contributed by atoms with Gasteiger partial charge in [-0.2, -0.15) is 5.10 Å². The molecule has 0 aromatic carbocycles. The fraction of sp³-hybridized carbons (Fsp3) is 0.286. The SMILES string of the molecule is CCc1noc2cn[nH]c(=O)c12. The molecule has 2 aromatic heterocycles. The van der Waals surface area contributed by atoms with Crippen molar-refractivity contribution >= 4 is 11.0 Å². The second-order valence-corrected chi connectivity index (χ2v) is 2.42. The summed E-state index contributed by atoms with van der Waals surface area (Å²) in [6.07, 6.45) is 2.13. The van der Waals surface area contributed by atoms with Crippen LogP contribution in [0.15, 0.2) is 15.5 Å². The van der Waals surface area contributed by atoms with E-state index in [1.165, 1.54) is 6.20 Å². The van der Waals surface area contributed by atoms with Gasteiger partial charge in [0.1, 0.15) is 5.39 Å². The molecule has 2 rings (SSSR count). The Morgan fingerprint density at radius 2 is 2.50 bits per heavy atom. The third-order valence-corrected chi connectivity index (χ3v) is 1.70. The highest BCUT2D eigenvalue weighted by Gasteiger charge is 2.09. The molecular weight excluding hydrogens is 158 g/mol. The largest absolute Gasteiger partial charge is 0.354 e. The second-order valence-electron chi connectivity index (χ2n) is 2.42. The van der Waals surface area contributed by atoms with E-state index in [-0.39, 0.29) is 5.56 Å². The monoisotopic (exact) mass is 165 g/mol. The van der Waals surface area contributed by atoms with Crippen LogP contribution in [0.3, 0.4) is 0 Å². The summed E-state index contributed by atoms with van der Waals surface area (Å²) in [4.78, 5) is 11.2. The molecule has 0 atom stereocenters. The summed E-state index contributed by atoms with van der Waals surface area (Å²) in [5, 5.41) is 10.2. The van der Waals surface area contributed by atoms with Gasteiger partial charge in [0.05, 0.1) is 11.9 Å². The average molecular weight is 165 g/mol. The summed E-state index contributed by atoms with van der Waals surface area (Å²) in [6, 6.07) is 0. The van der Waals surface area contributed by atoms with Crippen molar-refractivity contribution in [1.82, 2.24) is 15.4 Å². The van der Waals surface area contributed by atoms with Gasteiger partial charge in [-0.05, 0) is 6.42 Å². The molecule has 5 nitrogen and oxygen atoms in total. The zero-order valence-electron chi connectivity index (χ0n) is 6.50. The molecule has 0 saturated heterocycles. The molecule has 0 aliphatic carbocycles. The summed E-state index contributed by atoms with van der Waals surface area (Å²) in [6.45, 7) is 1.91. The molecule has 5 heteroatoms. The molecule has 0 aliphatic rings. The fourth-order valence-electron chi connectivity index (χ4n) is 1.12. The Balaban J connectivity index is 2.92. The minimum atomic E-state index is -0.245. The van der Waals surface area contributed by atoms with Gasteiger partial charge in [0, 0.05) is 0 Å². The van der Waals surface area contributed by atoms with Crippen LogP contribution in [0.2, 0.25) is 0 Å². The molecule has 2 aromatic rings. The van der Waals surface area contributed by atoms with Gasteiger partial charge >= 0.3 is 0 Å². The van der Waals surface area contributed by atoms with Crippen LogP contribution >= 0.6 is 0 Å². The topological polar surface area (TPSA) is 71.8 Å². The standard InChI is InChI=1S/C7H7N3O2/c1-2-4-6-5(12-10-4)3-8-9-7(6)11/h3H,2H2,1H3,(H,9,11). The highest BCUT2D eigenvalue weighted by molar-refractivity contribution is 5.76. The molecule has 62 valence electrons. The quantitative estimate of drug-likeness (QED) is 0.666. The molecule has 0 saturated carbocycles. The molecule has 12 heavy (non-hydrogen) atoms. The maximum absolute atomic E-state index is 11.2. The van der Waals surface area contributed by atoms with Crippen LogP contribution in [0.1, 0.15) is 12.6 Å². The Morgan fingerprint density at radius 3 is 3.25 bits per heavy atom. The molecule has 0 amide bonds. The van der Waals surface area contributed by atoms with E-state index < -0.39 is 0 Å². The van der Waals surface area contributed by atoms with Crippen LogP contribution in [0.25, 0.3) is 11.0 Å². The predicted molar refractivity (Wildman–Crippen MR) is 41.8 cm³/mol. The van der Waals surface area contributed by atoms with E-state index in [9.17, 15) is 4.79 Å². The summed E-state index contributed by atoms with van der Waals surface area (Å²) < 4.78 is 4.89. The van der Waals surface area contributed by atoms with Crippen molar-refractivity contribution < 1.29 is 4.52 Å². The first-order chi connectivity index (χ1) is 5.83. The number of nitrogens with zero attached hydrogens (tertiary/aromatic N) is 2. The van der Waals surface area contributed by atoms with Gasteiger partial charge in [0.2, 0.25) is 0 Å². The third kappa shape index (κ3) is 0.827. The van der Waals surface area contributed by atoms with Gasteiger partial charge in [-0.25, -0.2) is 5.10 Å². The molecule has 0 aliphatic heterocycles. The van der Waals surface area contributed by atoms with Crippen molar-refractivity contribution in [2.75, 3.05) is 0 Å². The number of fused-ring (bicyclic) bond motifs is 1. The normalized spacial score (nSPS) is 10.8. The van der Waals surface area contributed by atoms with Crippen LogP contribution in [0.5, 0.6) is 0 Å². The zero-order valence-corrected chi connectivity index (χ0v) is 6.50. The third-order valence-electron chi connectivity index (χ3n) is 1.70. The van der Waals surface area contributed by atoms with Gasteiger partial charge < -0.3 is 4.52 Å². The van der Waals surface area contributed by atoms with Crippen LogP contribution in [0, 0.1) is 0 Å². The molecule has 0 unspecified atom stereocenters. The molecule has 1 N–H and O–H groups in total. The van der Waals surface area contributed by atoms with Gasteiger partial charge in [0.15, 0.2) is 5.58 Å². The van der Waals surface area contributed by atoms with Crippen molar-refractivity contribution in [3.63, 3.8) is 0 Å². The average Bonchev–Trinajstić information content (AvgIpc) is 2.49. The highest BCUT2D eigenvalue weighted by atomic mass is 16.5. The van der Waals surface area contributed by atoms with Crippen molar-refractivity contribution in [1.29, 1.82) is 0 Å². The maximum Gasteiger partial charge on any atom is 0.277 e. The lowest BCUT2D eigenvalue weighted by molar-refractivity contribution is 0.446. The molecule has 0 spiro atoms. The minimum Gasteiger partial charge on any atom is -0.354 e. The van der Waals surface area contributed by atoms with Crippen molar-refractivity contribution in [2.24, 2.45) is 0 Å². The number of H-pyrrole nitrogens is 1. The second kappa shape index (κ2) is 2.44. The maximum atomic E-state index is 11.2. The summed E-state index contributed by atoms with van der Waals surface area (Å²) in [5.74, 6) is 0. The van der Waals surface area contributed by atoms with E-state index in [1.807, 2.05) is 6.92 Å². The number of aromatic nitrogens is 3. The van der Waals surface area contributed by atoms with E-state index in [0.29, 0.717) is 23.1 Å². The predicted octanol–water partition coefficient (Wildman–Crippen LogP) is 0.473. The number of rotatable bonds is 1. The lowest BCUT2D eigenvalue weighted by Gasteiger charge is -1.85. The minimum absolute atomic E-state index is 0.245. The molecule has 0 fully saturated rings. The van der Waals surface area contributed by atoms with Gasteiger partial charge in [-0.15, -0.1) is 0 Å². The first-order valence-electron chi connectivity index (χ1n) is 3.65. The Labute approximate surface area is 67.4 Å². The Hall–Kier alpha value is -1.65. The van der Waals surface area contributed by atoms with E-state index in [4.69, 9.17) is 4.52 Å². The molecular formula is C7H7N3O2. The number of hydrogen-bond donors (Lipinski definition) is 1. The van der Waals surface area contributed by atoms with Crippen LogP contribution in [0.4, 0.5) is 0 Å². The van der Waals surface area contributed by atoms with Crippen molar-refractivity contribution in [3.05, 3.63) is 22.2 Å². The molecule has 0 bridgehead atoms. The molecule has 0 radical (unpaired) electrons. The van der Waals surface area contributed by atoms with E-state index >= 15 is 0 Å². The summed E-state index contributed by atoms with van der Waals surface area (Å²) in [5.41, 5.74) is 0.870. The first-order valence-corrected chi connectivity index (χ1v) is 3.65. The van der Waals surface area contributed by atoms with Crippen LogP contribution in [-0.2, 0) is 6.42 Å². The Morgan fingerprint density at radius 1 is 1.67 bits per heavy atom. The fourth-order valence-corrected chi connectivity index (χ4v) is 1.12. The van der Waals surface area contributed by atoms with Crippen molar-refractivity contribution in [3.8, 4) is 0 Å². The summed E-state index contributed by atoms with van der Waals surface area (Å²) >= 11 is 0. The van der Waals surface area contributed by atoms with E-state index in [1.54, 1.807) is 0 Å². The van der Waals surface area contributed by atoms with Crippen molar-refractivity contribution in [2.45, 2.75) is 13.3 Å². The lowest BCUT2D eigenvalue weighted by atomic mass is 10.2. The lowest BCUT2D eigenvalue weighted by Crippen LogP contribution is -2.07. The number of aromatic amines is 1. The first kappa shape index (κ1) is 7.02. The van der Waals surface area contributed by atoms with E-state index in [2.05, 4.69) is 15.4 Å². The zero-order chi connectivity index (χ0) is 8.55. The summed E-state index contributed by atoms with van der Waals surface area (Å²) in [7, 11) is 0. The van der Waals surface area contributed by atoms with Gasteiger partial charge in [-0.3, -0.25) is 4.79 Å². The number of hydrogen-bond acceptors (Lipinski definition) is 4. The number of nitrogens with one attached hydrogen (secondary N) is 1. The van der Waals surface area contributed by atoms with E-state index in [0.717, 1.165) is 0 Å².